The number of amides is 2. The average molecular weight is 454 g/mol. The number of esters is 1. The molecule has 0 saturated carbocycles. The smallest absolute Gasteiger partial charge is 0.416 e. The maximum atomic E-state index is 12.9. The summed E-state index contributed by atoms with van der Waals surface area (Å²) in [6, 6.07) is 17.0. The van der Waals surface area contributed by atoms with Gasteiger partial charge >= 0.3 is 12.1 Å². The molecule has 0 spiro atoms. The van der Waals surface area contributed by atoms with Crippen molar-refractivity contribution < 1.29 is 32.3 Å². The lowest BCUT2D eigenvalue weighted by Gasteiger charge is -2.23. The lowest BCUT2D eigenvalue weighted by Crippen LogP contribution is -2.38. The van der Waals surface area contributed by atoms with Crippen LogP contribution >= 0.6 is 0 Å². The third kappa shape index (κ3) is 5.03. The van der Waals surface area contributed by atoms with E-state index in [1.165, 1.54) is 36.4 Å². The fourth-order valence-corrected chi connectivity index (χ4v) is 3.42. The lowest BCUT2D eigenvalue weighted by molar-refractivity contribution is -0.137. The Kier molecular flexibility index (Phi) is 5.87. The van der Waals surface area contributed by atoms with E-state index in [0.29, 0.717) is 11.1 Å². The van der Waals surface area contributed by atoms with Gasteiger partial charge in [-0.3, -0.25) is 9.59 Å². The van der Waals surface area contributed by atoms with Crippen LogP contribution in [0.1, 0.15) is 31.8 Å². The molecule has 0 fully saturated rings. The van der Waals surface area contributed by atoms with Gasteiger partial charge in [0, 0.05) is 23.4 Å². The van der Waals surface area contributed by atoms with Gasteiger partial charge in [0.1, 0.15) is 0 Å². The molecule has 1 aliphatic rings. The first-order valence-corrected chi connectivity index (χ1v) is 9.89. The van der Waals surface area contributed by atoms with E-state index < -0.39 is 35.6 Å². The molecular weight excluding hydrogens is 437 g/mol. The number of alkyl halides is 3. The molecule has 6 nitrogen and oxygen atoms in total. The molecule has 2 amide bonds. The van der Waals surface area contributed by atoms with Crippen molar-refractivity contribution in [3.8, 4) is 0 Å². The zero-order valence-electron chi connectivity index (χ0n) is 17.0. The summed E-state index contributed by atoms with van der Waals surface area (Å²) < 4.78 is 43.9. The van der Waals surface area contributed by atoms with Gasteiger partial charge in [-0.25, -0.2) is 4.79 Å². The molecule has 168 valence electrons. The molecule has 3 aromatic rings. The number of fused-ring (bicyclic) bond motifs is 1. The number of nitrogens with one attached hydrogen (secondary N) is 2. The fraction of sp³-hybridized carbons (Fsp3) is 0.125. The summed E-state index contributed by atoms with van der Waals surface area (Å²) in [5.74, 6) is -1.80. The zero-order valence-corrected chi connectivity index (χ0v) is 17.0. The number of anilines is 2. The maximum Gasteiger partial charge on any atom is 0.416 e. The van der Waals surface area contributed by atoms with E-state index >= 15 is 0 Å². The van der Waals surface area contributed by atoms with Crippen LogP contribution in [0.25, 0.3) is 0 Å². The lowest BCUT2D eigenvalue weighted by atomic mass is 9.98. The quantitative estimate of drug-likeness (QED) is 0.561. The molecule has 0 aromatic heterocycles. The minimum absolute atomic E-state index is 0.0166. The second-order valence-corrected chi connectivity index (χ2v) is 7.36. The topological polar surface area (TPSA) is 84.5 Å². The predicted molar refractivity (Wildman–Crippen MR) is 114 cm³/mol. The first-order valence-electron chi connectivity index (χ1n) is 9.89. The van der Waals surface area contributed by atoms with Crippen LogP contribution in [0, 0.1) is 0 Å². The van der Waals surface area contributed by atoms with Crippen LogP contribution in [0.5, 0.6) is 0 Å². The largest absolute Gasteiger partial charge is 0.448 e. The molecule has 1 atom stereocenters. The van der Waals surface area contributed by atoms with Crippen LogP contribution in [-0.2, 0) is 22.1 Å². The summed E-state index contributed by atoms with van der Waals surface area (Å²) in [5, 5.41) is 5.02. The second kappa shape index (κ2) is 8.78. The molecule has 0 bridgehead atoms. The number of hydrogen-bond acceptors (Lipinski definition) is 4. The van der Waals surface area contributed by atoms with Crippen LogP contribution in [0.3, 0.4) is 0 Å². The van der Waals surface area contributed by atoms with E-state index in [4.69, 9.17) is 4.74 Å². The Morgan fingerprint density at radius 3 is 2.33 bits per heavy atom. The highest BCUT2D eigenvalue weighted by atomic mass is 19.4. The third-order valence-corrected chi connectivity index (χ3v) is 5.02. The van der Waals surface area contributed by atoms with Gasteiger partial charge in [0.2, 0.25) is 0 Å². The summed E-state index contributed by atoms with van der Waals surface area (Å²) in [4.78, 5) is 37.3. The first kappa shape index (κ1) is 22.1. The number of carbonyl (C=O) groups is 3. The molecular formula is C24H17F3N2O4. The van der Waals surface area contributed by atoms with Crippen molar-refractivity contribution in [3.05, 3.63) is 95.1 Å². The van der Waals surface area contributed by atoms with Gasteiger partial charge in [0.05, 0.1) is 11.1 Å². The molecule has 3 aromatic carbocycles. The van der Waals surface area contributed by atoms with Gasteiger partial charge < -0.3 is 15.4 Å². The summed E-state index contributed by atoms with van der Waals surface area (Å²) in [7, 11) is 0. The van der Waals surface area contributed by atoms with E-state index in [2.05, 4.69) is 10.6 Å². The van der Waals surface area contributed by atoms with Crippen molar-refractivity contribution in [2.24, 2.45) is 0 Å². The Balaban J connectivity index is 1.44. The monoisotopic (exact) mass is 454 g/mol. The summed E-state index contributed by atoms with van der Waals surface area (Å²) in [6.45, 7) is 0. The van der Waals surface area contributed by atoms with Gasteiger partial charge in [-0.1, -0.05) is 30.3 Å². The Hall–Kier alpha value is -4.14. The van der Waals surface area contributed by atoms with Gasteiger partial charge in [-0.05, 0) is 48.0 Å². The Labute approximate surface area is 186 Å². The molecule has 33 heavy (non-hydrogen) atoms. The molecule has 2 N–H and O–H groups in total. The van der Waals surface area contributed by atoms with Gasteiger partial charge in [0.15, 0.2) is 6.10 Å². The molecule has 1 heterocycles. The van der Waals surface area contributed by atoms with Crippen molar-refractivity contribution in [2.75, 3.05) is 10.6 Å². The van der Waals surface area contributed by atoms with E-state index in [0.717, 1.165) is 12.1 Å². The number of ether oxygens (including phenoxy) is 1. The van der Waals surface area contributed by atoms with Crippen molar-refractivity contribution in [2.45, 2.75) is 18.7 Å². The SMILES string of the molecule is O=C(Nc1cccc(C(F)(F)F)c1)c1cccc(NC(=O)[C@@H]2Cc3ccccc3C(=O)O2)c1. The normalized spacial score (nSPS) is 15.2. The van der Waals surface area contributed by atoms with Crippen molar-refractivity contribution in [1.82, 2.24) is 0 Å². The number of hydrogen-bond donors (Lipinski definition) is 2. The predicted octanol–water partition coefficient (Wildman–Crippen LogP) is 4.68. The highest BCUT2D eigenvalue weighted by molar-refractivity contribution is 6.06. The van der Waals surface area contributed by atoms with Crippen LogP contribution < -0.4 is 10.6 Å². The number of cyclic esters (lactones) is 1. The maximum absolute atomic E-state index is 12.9. The van der Waals surface area contributed by atoms with Crippen LogP contribution in [0.15, 0.2) is 72.8 Å². The fourth-order valence-electron chi connectivity index (χ4n) is 3.42. The third-order valence-electron chi connectivity index (χ3n) is 5.02. The molecule has 1 aliphatic heterocycles. The standard InChI is InChI=1S/C24H17F3N2O4/c25-24(26,27)16-7-4-9-18(13-16)28-21(30)15-6-3-8-17(11-15)29-22(31)20-12-14-5-1-2-10-19(14)23(32)33-20/h1-11,13,20H,12H2,(H,28,30)(H,29,31)/t20-/m0/s1. The van der Waals surface area contributed by atoms with Gasteiger partial charge in [0.25, 0.3) is 11.8 Å². The van der Waals surface area contributed by atoms with Crippen LogP contribution in [0.4, 0.5) is 24.5 Å². The minimum Gasteiger partial charge on any atom is -0.448 e. The van der Waals surface area contributed by atoms with Gasteiger partial charge in [-0.15, -0.1) is 0 Å². The zero-order chi connectivity index (χ0) is 23.6. The number of halogens is 3. The summed E-state index contributed by atoms with van der Waals surface area (Å²) in [5.41, 5.74) is 0.600. The average Bonchev–Trinajstić information content (AvgIpc) is 2.79. The van der Waals surface area contributed by atoms with Crippen LogP contribution in [-0.4, -0.2) is 23.9 Å². The van der Waals surface area contributed by atoms with Crippen molar-refractivity contribution >= 4 is 29.2 Å². The number of carbonyl (C=O) groups excluding carboxylic acids is 3. The van der Waals surface area contributed by atoms with E-state index in [1.54, 1.807) is 24.3 Å². The minimum atomic E-state index is -4.53. The second-order valence-electron chi connectivity index (χ2n) is 7.36. The Morgan fingerprint density at radius 2 is 1.58 bits per heavy atom. The van der Waals surface area contributed by atoms with E-state index in [1.807, 2.05) is 0 Å². The molecule has 0 radical (unpaired) electrons. The molecule has 0 saturated heterocycles. The van der Waals surface area contributed by atoms with Crippen LogP contribution in [0.2, 0.25) is 0 Å². The van der Waals surface area contributed by atoms with Gasteiger partial charge in [-0.2, -0.15) is 13.2 Å². The first-order chi connectivity index (χ1) is 15.7. The van der Waals surface area contributed by atoms with Crippen molar-refractivity contribution in [3.63, 3.8) is 0 Å². The molecule has 4 rings (SSSR count). The Morgan fingerprint density at radius 1 is 0.879 bits per heavy atom. The van der Waals surface area contributed by atoms with Crippen molar-refractivity contribution in [1.29, 1.82) is 0 Å². The summed E-state index contributed by atoms with van der Waals surface area (Å²) >= 11 is 0. The van der Waals surface area contributed by atoms with E-state index in [9.17, 15) is 27.6 Å². The summed E-state index contributed by atoms with van der Waals surface area (Å²) in [6.07, 6.45) is -5.35. The Bertz CT molecular complexity index is 1240. The molecule has 0 unspecified atom stereocenters. The highest BCUT2D eigenvalue weighted by Crippen LogP contribution is 2.31. The number of rotatable bonds is 4. The highest BCUT2D eigenvalue weighted by Gasteiger charge is 2.32. The molecule has 0 aliphatic carbocycles. The molecule has 9 heteroatoms. The van der Waals surface area contributed by atoms with E-state index in [-0.39, 0.29) is 23.4 Å². The number of benzene rings is 3.